The maximum atomic E-state index is 12.5. The van der Waals surface area contributed by atoms with Gasteiger partial charge in [-0.25, -0.2) is 0 Å². The predicted octanol–water partition coefficient (Wildman–Crippen LogP) is 8.19. The zero-order chi connectivity index (χ0) is 26.3. The van der Waals surface area contributed by atoms with Crippen LogP contribution in [0, 0.1) is 0 Å². The fraction of sp³-hybridized carbons (Fsp3) is 0.265. The average Bonchev–Trinajstić information content (AvgIpc) is 2.91. The zero-order valence-corrected chi connectivity index (χ0v) is 23.1. The quantitative estimate of drug-likeness (QED) is 0.164. The molecule has 0 aliphatic carbocycles. The fourth-order valence-corrected chi connectivity index (χ4v) is 7.28. The first-order valence-electron chi connectivity index (χ1n) is 13.3. The minimum Gasteiger partial charge on any atom is -0.507 e. The number of carbonyl (C=O) groups is 1. The Bertz CT molecular complexity index is 1330. The maximum absolute atomic E-state index is 12.5. The largest absolute Gasteiger partial charge is 0.507 e. The van der Waals surface area contributed by atoms with E-state index < -0.39 is 0 Å². The van der Waals surface area contributed by atoms with Crippen LogP contribution in [0.15, 0.2) is 97.1 Å². The second kappa shape index (κ2) is 12.3. The third-order valence-corrected chi connectivity index (χ3v) is 9.27. The molecule has 0 spiro atoms. The van der Waals surface area contributed by atoms with Crippen LogP contribution in [0.5, 0.6) is 5.75 Å². The minimum absolute atomic E-state index is 0.0939. The molecule has 0 radical (unpaired) electrons. The fourth-order valence-electron chi connectivity index (χ4n) is 5.31. The molecular formula is C34H37O2P. The molecule has 190 valence electrons. The standard InChI is InChI=1S/C34H37O2P/c1-4-20-34(5-2,37-32-19-13-12-18-30(32)25(3)35)31-24-28(21-26-14-8-6-9-15-26)23-29(33(31)36)22-27-16-10-7-11-17-27/h6-19,23-24,36-37H,4-5,20-22H2,1-3H3. The van der Waals surface area contributed by atoms with Gasteiger partial charge in [0.15, 0.2) is 5.78 Å². The van der Waals surface area contributed by atoms with Crippen LogP contribution in [-0.4, -0.2) is 10.9 Å². The predicted molar refractivity (Wildman–Crippen MR) is 158 cm³/mol. The van der Waals surface area contributed by atoms with Gasteiger partial charge in [-0.3, -0.25) is 4.79 Å². The molecule has 37 heavy (non-hydrogen) atoms. The lowest BCUT2D eigenvalue weighted by Gasteiger charge is -2.36. The molecule has 0 saturated carbocycles. The SMILES string of the molecule is CCCC(CC)(Pc1ccccc1C(C)=O)c1cc(Cc2ccccc2)cc(Cc2ccccc2)c1O. The summed E-state index contributed by atoms with van der Waals surface area (Å²) in [6.45, 7) is 6.08. The molecule has 2 nitrogen and oxygen atoms in total. The van der Waals surface area contributed by atoms with Gasteiger partial charge in [0.2, 0.25) is 0 Å². The molecule has 0 fully saturated rings. The van der Waals surface area contributed by atoms with E-state index in [-0.39, 0.29) is 10.9 Å². The Balaban J connectivity index is 1.87. The molecule has 0 amide bonds. The lowest BCUT2D eigenvalue weighted by molar-refractivity contribution is 0.101. The Labute approximate surface area is 223 Å². The molecule has 0 bridgehead atoms. The molecule has 4 aromatic carbocycles. The van der Waals surface area contributed by atoms with Crippen molar-refractivity contribution >= 4 is 19.7 Å². The highest BCUT2D eigenvalue weighted by molar-refractivity contribution is 7.48. The highest BCUT2D eigenvalue weighted by Gasteiger charge is 2.34. The van der Waals surface area contributed by atoms with Crippen molar-refractivity contribution < 1.29 is 9.90 Å². The second-order valence-corrected chi connectivity index (χ2v) is 11.6. The van der Waals surface area contributed by atoms with Gasteiger partial charge in [0.25, 0.3) is 0 Å². The summed E-state index contributed by atoms with van der Waals surface area (Å²) in [6, 6.07) is 33.3. The zero-order valence-electron chi connectivity index (χ0n) is 22.1. The first kappa shape index (κ1) is 26.8. The monoisotopic (exact) mass is 508 g/mol. The van der Waals surface area contributed by atoms with Crippen LogP contribution in [0.25, 0.3) is 0 Å². The Kier molecular flexibility index (Phi) is 8.95. The Morgan fingerprint density at radius 2 is 1.38 bits per heavy atom. The molecule has 0 aromatic heterocycles. The minimum atomic E-state index is -0.247. The number of Topliss-reactive ketones (excluding diaryl/α,β-unsaturated/α-hetero) is 1. The molecule has 4 rings (SSSR count). The average molecular weight is 509 g/mol. The van der Waals surface area contributed by atoms with E-state index in [9.17, 15) is 9.90 Å². The number of ketones is 1. The van der Waals surface area contributed by atoms with Crippen molar-refractivity contribution in [1.29, 1.82) is 0 Å². The van der Waals surface area contributed by atoms with Crippen molar-refractivity contribution in [3.8, 4) is 5.75 Å². The number of hydrogen-bond acceptors (Lipinski definition) is 2. The molecule has 0 saturated heterocycles. The van der Waals surface area contributed by atoms with Gasteiger partial charge in [0.05, 0.1) is 0 Å². The van der Waals surface area contributed by atoms with Gasteiger partial charge in [-0.1, -0.05) is 126 Å². The van der Waals surface area contributed by atoms with Crippen molar-refractivity contribution in [2.45, 2.75) is 58.0 Å². The summed E-state index contributed by atoms with van der Waals surface area (Å²) in [7, 11) is 0.386. The van der Waals surface area contributed by atoms with E-state index in [0.29, 0.717) is 20.8 Å². The van der Waals surface area contributed by atoms with E-state index in [1.54, 1.807) is 6.92 Å². The number of hydrogen-bond donors (Lipinski definition) is 1. The Hall–Kier alpha value is -3.22. The van der Waals surface area contributed by atoms with Crippen LogP contribution in [0.3, 0.4) is 0 Å². The highest BCUT2D eigenvalue weighted by Crippen LogP contribution is 2.52. The molecule has 0 aliphatic rings. The number of phenols is 1. The number of aromatic hydroxyl groups is 1. The summed E-state index contributed by atoms with van der Waals surface area (Å²) in [6.07, 6.45) is 4.33. The third-order valence-electron chi connectivity index (χ3n) is 7.21. The summed E-state index contributed by atoms with van der Waals surface area (Å²) in [4.78, 5) is 12.5. The summed E-state index contributed by atoms with van der Waals surface area (Å²) in [5, 5.41) is 12.7. The van der Waals surface area contributed by atoms with Gasteiger partial charge in [-0.05, 0) is 53.7 Å². The highest BCUT2D eigenvalue weighted by atomic mass is 31.1. The first-order chi connectivity index (χ1) is 18.0. The summed E-state index contributed by atoms with van der Waals surface area (Å²) in [5.74, 6) is 0.500. The molecule has 0 heterocycles. The normalized spacial score (nSPS) is 13.1. The van der Waals surface area contributed by atoms with Gasteiger partial charge < -0.3 is 5.11 Å². The lowest BCUT2D eigenvalue weighted by atomic mass is 9.85. The Morgan fingerprint density at radius 1 is 0.784 bits per heavy atom. The van der Waals surface area contributed by atoms with Crippen LogP contribution in [0.2, 0.25) is 0 Å². The van der Waals surface area contributed by atoms with Crippen LogP contribution in [-0.2, 0) is 18.0 Å². The van der Waals surface area contributed by atoms with E-state index in [2.05, 4.69) is 80.6 Å². The van der Waals surface area contributed by atoms with Gasteiger partial charge in [-0.15, -0.1) is 0 Å². The summed E-state index contributed by atoms with van der Waals surface area (Å²) in [5.41, 5.74) is 6.43. The Morgan fingerprint density at radius 3 is 1.97 bits per heavy atom. The number of carbonyl (C=O) groups excluding carboxylic acids is 1. The van der Waals surface area contributed by atoms with Crippen LogP contribution < -0.4 is 5.30 Å². The van der Waals surface area contributed by atoms with Crippen molar-refractivity contribution in [3.63, 3.8) is 0 Å². The van der Waals surface area contributed by atoms with Crippen molar-refractivity contribution in [3.05, 3.63) is 130 Å². The van der Waals surface area contributed by atoms with E-state index in [4.69, 9.17) is 0 Å². The smallest absolute Gasteiger partial charge is 0.160 e. The van der Waals surface area contributed by atoms with E-state index in [1.165, 1.54) is 16.7 Å². The first-order valence-corrected chi connectivity index (χ1v) is 14.3. The summed E-state index contributed by atoms with van der Waals surface area (Å²) >= 11 is 0. The molecule has 3 heteroatoms. The molecular weight excluding hydrogens is 471 g/mol. The number of rotatable bonds is 11. The van der Waals surface area contributed by atoms with E-state index in [1.807, 2.05) is 30.3 Å². The molecule has 1 N–H and O–H groups in total. The van der Waals surface area contributed by atoms with E-state index >= 15 is 0 Å². The van der Waals surface area contributed by atoms with E-state index in [0.717, 1.165) is 47.7 Å². The number of benzene rings is 4. The van der Waals surface area contributed by atoms with Gasteiger partial charge in [0, 0.05) is 22.7 Å². The van der Waals surface area contributed by atoms with Crippen molar-refractivity contribution in [2.24, 2.45) is 0 Å². The second-order valence-electron chi connectivity index (χ2n) is 9.89. The van der Waals surface area contributed by atoms with Crippen LogP contribution >= 0.6 is 8.58 Å². The maximum Gasteiger partial charge on any atom is 0.160 e. The van der Waals surface area contributed by atoms with Gasteiger partial charge in [0.1, 0.15) is 5.75 Å². The molecule has 4 aromatic rings. The van der Waals surface area contributed by atoms with Crippen molar-refractivity contribution in [1.82, 2.24) is 0 Å². The van der Waals surface area contributed by atoms with Gasteiger partial charge >= 0.3 is 0 Å². The molecule has 2 atom stereocenters. The third kappa shape index (κ3) is 6.38. The van der Waals surface area contributed by atoms with Crippen LogP contribution in [0.4, 0.5) is 0 Å². The van der Waals surface area contributed by atoms with Gasteiger partial charge in [-0.2, -0.15) is 0 Å². The topological polar surface area (TPSA) is 37.3 Å². The van der Waals surface area contributed by atoms with Crippen LogP contribution in [0.1, 0.15) is 78.2 Å². The summed E-state index contributed by atoms with van der Waals surface area (Å²) < 4.78 is 0. The number of phenolic OH excluding ortho intramolecular Hbond substituents is 1. The van der Waals surface area contributed by atoms with Crippen molar-refractivity contribution in [2.75, 3.05) is 0 Å². The molecule has 0 aliphatic heterocycles. The lowest BCUT2D eigenvalue weighted by Crippen LogP contribution is -2.25. The molecule has 2 unspecified atom stereocenters.